The van der Waals surface area contributed by atoms with E-state index >= 15 is 0 Å². The lowest BCUT2D eigenvalue weighted by Gasteiger charge is -2.18. The predicted octanol–water partition coefficient (Wildman–Crippen LogP) is 4.59. The summed E-state index contributed by atoms with van der Waals surface area (Å²) in [5, 5.41) is 2.85. The van der Waals surface area contributed by atoms with Gasteiger partial charge in [0.15, 0.2) is 0 Å². The highest BCUT2D eigenvalue weighted by molar-refractivity contribution is 7.89. The molecule has 2 heterocycles. The molecule has 30 heavy (non-hydrogen) atoms. The van der Waals surface area contributed by atoms with Gasteiger partial charge in [0.1, 0.15) is 12.4 Å². The van der Waals surface area contributed by atoms with E-state index < -0.39 is 10.0 Å². The van der Waals surface area contributed by atoms with Crippen molar-refractivity contribution >= 4 is 33.0 Å². The maximum Gasteiger partial charge on any atom is 0.265 e. The number of hydrogen-bond acceptors (Lipinski definition) is 5. The molecule has 6 nitrogen and oxygen atoms in total. The molecule has 2 aromatic carbocycles. The van der Waals surface area contributed by atoms with Crippen LogP contribution in [0.1, 0.15) is 29.1 Å². The molecule has 0 fully saturated rings. The van der Waals surface area contributed by atoms with Gasteiger partial charge in [-0.05, 0) is 42.5 Å². The largest absolute Gasteiger partial charge is 0.488 e. The predicted molar refractivity (Wildman–Crippen MR) is 119 cm³/mol. The number of anilines is 1. The maximum atomic E-state index is 12.8. The standard InChI is InChI=1S/C22H22N2O4S2/c1-3-24(4-2)30(26,27)17-11-9-16(10-12-17)23-22(25)20-13-15-14-28-19-8-6-5-7-18(19)21(15)29-20/h5-13H,3-4,14H2,1-2H3,(H,23,25). The minimum atomic E-state index is -3.52. The first-order valence-electron chi connectivity index (χ1n) is 9.70. The molecule has 1 aliphatic heterocycles. The molecule has 4 rings (SSSR count). The molecule has 1 N–H and O–H groups in total. The zero-order valence-electron chi connectivity index (χ0n) is 16.7. The molecule has 0 saturated carbocycles. The van der Waals surface area contributed by atoms with Crippen LogP contribution >= 0.6 is 11.3 Å². The second-order valence-corrected chi connectivity index (χ2v) is 9.81. The van der Waals surface area contributed by atoms with E-state index in [4.69, 9.17) is 4.74 Å². The molecule has 156 valence electrons. The Balaban J connectivity index is 1.53. The number of sulfonamides is 1. The monoisotopic (exact) mass is 442 g/mol. The smallest absolute Gasteiger partial charge is 0.265 e. The van der Waals surface area contributed by atoms with Gasteiger partial charge in [-0.15, -0.1) is 11.3 Å². The lowest BCUT2D eigenvalue weighted by molar-refractivity contribution is 0.103. The number of carbonyl (C=O) groups is 1. The van der Waals surface area contributed by atoms with E-state index in [9.17, 15) is 13.2 Å². The van der Waals surface area contributed by atoms with Gasteiger partial charge in [-0.2, -0.15) is 4.31 Å². The highest BCUT2D eigenvalue weighted by Crippen LogP contribution is 2.42. The molecule has 0 spiro atoms. The molecule has 0 saturated heterocycles. The summed E-state index contributed by atoms with van der Waals surface area (Å²) < 4.78 is 32.3. The summed E-state index contributed by atoms with van der Waals surface area (Å²) in [5.41, 5.74) is 2.53. The third-order valence-corrected chi connectivity index (χ3v) is 8.28. The van der Waals surface area contributed by atoms with Crippen LogP contribution in [0.25, 0.3) is 10.4 Å². The summed E-state index contributed by atoms with van der Waals surface area (Å²) in [7, 11) is -3.52. The van der Waals surface area contributed by atoms with Crippen LogP contribution in [0, 0.1) is 0 Å². The second-order valence-electron chi connectivity index (χ2n) is 6.82. The Hall–Kier alpha value is -2.68. The number of rotatable bonds is 6. The molecular formula is C22H22N2O4S2. The number of hydrogen-bond donors (Lipinski definition) is 1. The van der Waals surface area contributed by atoms with Gasteiger partial charge in [-0.3, -0.25) is 4.79 Å². The van der Waals surface area contributed by atoms with Gasteiger partial charge in [-0.1, -0.05) is 26.0 Å². The SMILES string of the molecule is CCN(CC)S(=O)(=O)c1ccc(NC(=O)c2cc3c(s2)-c2ccccc2OC3)cc1. The lowest BCUT2D eigenvalue weighted by Crippen LogP contribution is -2.30. The molecule has 0 radical (unpaired) electrons. The average molecular weight is 443 g/mol. The van der Waals surface area contributed by atoms with Crippen molar-refractivity contribution in [3.63, 3.8) is 0 Å². The molecule has 1 aliphatic rings. The van der Waals surface area contributed by atoms with Crippen LogP contribution in [0.15, 0.2) is 59.5 Å². The van der Waals surface area contributed by atoms with Crippen molar-refractivity contribution in [2.24, 2.45) is 0 Å². The molecule has 8 heteroatoms. The Morgan fingerprint density at radius 2 is 1.80 bits per heavy atom. The van der Waals surface area contributed by atoms with Crippen LogP contribution in [-0.2, 0) is 16.6 Å². The number of ether oxygens (including phenoxy) is 1. The van der Waals surface area contributed by atoms with Crippen molar-refractivity contribution in [3.8, 4) is 16.2 Å². The number of nitrogens with one attached hydrogen (secondary N) is 1. The Labute approximate surface area is 180 Å². The fourth-order valence-electron chi connectivity index (χ4n) is 3.43. The van der Waals surface area contributed by atoms with Gasteiger partial charge in [0, 0.05) is 34.8 Å². The fraction of sp³-hybridized carbons (Fsp3) is 0.227. The zero-order chi connectivity index (χ0) is 21.3. The van der Waals surface area contributed by atoms with Crippen LogP contribution in [0.5, 0.6) is 5.75 Å². The first kappa shape index (κ1) is 20.6. The van der Waals surface area contributed by atoms with E-state index in [1.165, 1.54) is 27.8 Å². The van der Waals surface area contributed by atoms with Crippen molar-refractivity contribution < 1.29 is 17.9 Å². The molecule has 1 amide bonds. The third-order valence-electron chi connectivity index (χ3n) is 5.00. The number of carbonyl (C=O) groups excluding carboxylic acids is 1. The zero-order valence-corrected chi connectivity index (χ0v) is 18.3. The van der Waals surface area contributed by atoms with E-state index in [2.05, 4.69) is 5.32 Å². The third kappa shape index (κ3) is 3.74. The number of thiophene rings is 1. The van der Waals surface area contributed by atoms with Crippen LogP contribution in [0.4, 0.5) is 5.69 Å². The summed E-state index contributed by atoms with van der Waals surface area (Å²) in [6.45, 7) is 4.87. The van der Waals surface area contributed by atoms with Crippen molar-refractivity contribution in [1.29, 1.82) is 0 Å². The highest BCUT2D eigenvalue weighted by atomic mass is 32.2. The Morgan fingerprint density at radius 1 is 1.10 bits per heavy atom. The van der Waals surface area contributed by atoms with Gasteiger partial charge < -0.3 is 10.1 Å². The van der Waals surface area contributed by atoms with Crippen LogP contribution < -0.4 is 10.1 Å². The topological polar surface area (TPSA) is 75.7 Å². The molecule has 3 aromatic rings. The summed E-state index contributed by atoms with van der Waals surface area (Å²) in [6.07, 6.45) is 0. The Morgan fingerprint density at radius 3 is 2.50 bits per heavy atom. The van der Waals surface area contributed by atoms with Crippen molar-refractivity contribution in [3.05, 3.63) is 65.0 Å². The number of nitrogens with zero attached hydrogens (tertiary/aromatic N) is 1. The van der Waals surface area contributed by atoms with E-state index in [1.54, 1.807) is 26.0 Å². The minimum absolute atomic E-state index is 0.213. The van der Waals surface area contributed by atoms with E-state index in [-0.39, 0.29) is 10.8 Å². The van der Waals surface area contributed by atoms with Crippen molar-refractivity contribution in [2.75, 3.05) is 18.4 Å². The fourth-order valence-corrected chi connectivity index (χ4v) is 5.98. The second kappa shape index (κ2) is 8.22. The molecule has 0 bridgehead atoms. The maximum absolute atomic E-state index is 12.8. The lowest BCUT2D eigenvalue weighted by atomic mass is 10.1. The highest BCUT2D eigenvalue weighted by Gasteiger charge is 2.23. The number of benzene rings is 2. The minimum Gasteiger partial charge on any atom is -0.488 e. The summed E-state index contributed by atoms with van der Waals surface area (Å²) >= 11 is 1.43. The summed E-state index contributed by atoms with van der Waals surface area (Å²) in [6, 6.07) is 15.9. The Kier molecular flexibility index (Phi) is 5.64. The van der Waals surface area contributed by atoms with Crippen molar-refractivity contribution in [1.82, 2.24) is 4.31 Å². The number of amides is 1. The first-order valence-corrected chi connectivity index (χ1v) is 12.0. The number of fused-ring (bicyclic) bond motifs is 3. The molecule has 0 unspecified atom stereocenters. The quantitative estimate of drug-likeness (QED) is 0.606. The van der Waals surface area contributed by atoms with Crippen LogP contribution in [-0.4, -0.2) is 31.7 Å². The normalized spacial score (nSPS) is 12.8. The average Bonchev–Trinajstić information content (AvgIpc) is 3.20. The first-order chi connectivity index (χ1) is 14.4. The molecular weight excluding hydrogens is 420 g/mol. The van der Waals surface area contributed by atoms with Gasteiger partial charge in [0.25, 0.3) is 5.91 Å². The summed E-state index contributed by atoms with van der Waals surface area (Å²) in [4.78, 5) is 14.6. The summed E-state index contributed by atoms with van der Waals surface area (Å²) in [5.74, 6) is 0.593. The Bertz CT molecular complexity index is 1180. The van der Waals surface area contributed by atoms with Gasteiger partial charge in [0.2, 0.25) is 10.0 Å². The molecule has 0 aliphatic carbocycles. The van der Waals surface area contributed by atoms with Gasteiger partial charge >= 0.3 is 0 Å². The van der Waals surface area contributed by atoms with E-state index in [0.29, 0.717) is 30.3 Å². The van der Waals surface area contributed by atoms with E-state index in [1.807, 2.05) is 30.3 Å². The van der Waals surface area contributed by atoms with Gasteiger partial charge in [0.05, 0.1) is 9.77 Å². The molecule has 0 atom stereocenters. The van der Waals surface area contributed by atoms with Gasteiger partial charge in [-0.25, -0.2) is 8.42 Å². The van der Waals surface area contributed by atoms with Crippen LogP contribution in [0.3, 0.4) is 0 Å². The van der Waals surface area contributed by atoms with E-state index in [0.717, 1.165) is 21.8 Å². The van der Waals surface area contributed by atoms with Crippen LogP contribution in [0.2, 0.25) is 0 Å². The van der Waals surface area contributed by atoms with Crippen molar-refractivity contribution in [2.45, 2.75) is 25.3 Å². The molecule has 1 aromatic heterocycles. The number of para-hydroxylation sites is 1.